The Morgan fingerprint density at radius 3 is 1.92 bits per heavy atom. The second-order valence-electron chi connectivity index (χ2n) is 6.36. The van der Waals surface area contributed by atoms with Gasteiger partial charge >= 0.3 is 7.60 Å². The molecule has 0 aliphatic heterocycles. The van der Waals surface area contributed by atoms with Crippen LogP contribution in [0.3, 0.4) is 0 Å². The van der Waals surface area contributed by atoms with Crippen LogP contribution in [0.1, 0.15) is 35.1 Å². The zero-order valence-electron chi connectivity index (χ0n) is 13.9. The average Bonchev–Trinajstić information content (AvgIpc) is 2.94. The van der Waals surface area contributed by atoms with Crippen LogP contribution >= 0.6 is 7.60 Å². The minimum absolute atomic E-state index is 0.142. The molecule has 4 rings (SSSR count). The van der Waals surface area contributed by atoms with Gasteiger partial charge in [0.2, 0.25) is 0 Å². The van der Waals surface area contributed by atoms with Gasteiger partial charge in [0, 0.05) is 5.92 Å². The van der Waals surface area contributed by atoms with Crippen LogP contribution in [0.5, 0.6) is 0 Å². The highest BCUT2D eigenvalue weighted by molar-refractivity contribution is 7.60. The summed E-state index contributed by atoms with van der Waals surface area (Å²) < 4.78 is 12.2. The highest BCUT2D eigenvalue weighted by Crippen LogP contribution is 2.50. The summed E-state index contributed by atoms with van der Waals surface area (Å²) in [7, 11) is -4.37. The van der Waals surface area contributed by atoms with Crippen molar-refractivity contribution in [3.63, 3.8) is 0 Å². The molecular weight excluding hydrogens is 331 g/mol. The first-order chi connectivity index (χ1) is 12.0. The molecule has 0 spiro atoms. The Kier molecular flexibility index (Phi) is 3.88. The number of aryl methyl sites for hydroxylation is 1. The lowest BCUT2D eigenvalue weighted by atomic mass is 9.85. The Bertz CT molecular complexity index is 958. The van der Waals surface area contributed by atoms with Crippen molar-refractivity contribution in [1.29, 1.82) is 0 Å². The molecule has 3 aromatic carbocycles. The van der Waals surface area contributed by atoms with Gasteiger partial charge < -0.3 is 9.79 Å². The molecule has 0 saturated heterocycles. The van der Waals surface area contributed by atoms with Crippen LogP contribution in [0.15, 0.2) is 66.7 Å². The number of hydrogen-bond donors (Lipinski definition) is 2. The van der Waals surface area contributed by atoms with Gasteiger partial charge in [-0.15, -0.1) is 0 Å². The average molecular weight is 350 g/mol. The highest BCUT2D eigenvalue weighted by Gasteiger charge is 2.35. The third-order valence-corrected chi connectivity index (χ3v) is 6.01. The summed E-state index contributed by atoms with van der Waals surface area (Å²) >= 11 is 0. The van der Waals surface area contributed by atoms with E-state index >= 15 is 0 Å². The maximum Gasteiger partial charge on any atom is 0.356 e. The minimum atomic E-state index is -4.37. The first kappa shape index (κ1) is 16.3. The summed E-state index contributed by atoms with van der Waals surface area (Å²) in [5, 5.41) is 0.142. The van der Waals surface area contributed by atoms with E-state index in [1.807, 2.05) is 37.3 Å². The first-order valence-corrected chi connectivity index (χ1v) is 9.99. The van der Waals surface area contributed by atoms with Crippen LogP contribution in [0.4, 0.5) is 0 Å². The van der Waals surface area contributed by atoms with Gasteiger partial charge in [-0.3, -0.25) is 4.57 Å². The Labute approximate surface area is 147 Å². The second kappa shape index (κ2) is 5.96. The van der Waals surface area contributed by atoms with Crippen molar-refractivity contribution in [2.45, 2.75) is 19.3 Å². The van der Waals surface area contributed by atoms with Crippen molar-refractivity contribution in [2.75, 3.05) is 0 Å². The quantitative estimate of drug-likeness (QED) is 0.544. The molecule has 0 unspecified atom stereocenters. The van der Waals surface area contributed by atoms with Crippen LogP contribution in [0.25, 0.3) is 11.1 Å². The third-order valence-electron chi connectivity index (χ3n) is 4.99. The number of rotatable bonds is 3. The summed E-state index contributed by atoms with van der Waals surface area (Å²) in [6.07, 6.45) is 0.726. The Morgan fingerprint density at radius 2 is 1.40 bits per heavy atom. The lowest BCUT2D eigenvalue weighted by Crippen LogP contribution is -2.18. The van der Waals surface area contributed by atoms with E-state index in [9.17, 15) is 14.4 Å². The molecule has 2 N–H and O–H groups in total. The van der Waals surface area contributed by atoms with Crippen molar-refractivity contribution < 1.29 is 14.4 Å². The molecule has 0 bridgehead atoms. The number of fused-ring (bicyclic) bond motifs is 3. The Balaban J connectivity index is 2.08. The predicted molar refractivity (Wildman–Crippen MR) is 100 cm³/mol. The highest BCUT2D eigenvalue weighted by atomic mass is 31.2. The fourth-order valence-corrected chi connectivity index (χ4v) is 4.83. The summed E-state index contributed by atoms with van der Waals surface area (Å²) in [5.41, 5.74) is 6.25. The molecular formula is C21H19O3P. The van der Waals surface area contributed by atoms with Crippen LogP contribution in [0, 0.1) is 0 Å². The maximum absolute atomic E-state index is 12.2. The van der Waals surface area contributed by atoms with Crippen molar-refractivity contribution in [3.05, 3.63) is 89.0 Å². The van der Waals surface area contributed by atoms with Gasteiger partial charge in [0.05, 0.1) is 5.30 Å². The molecule has 4 heteroatoms. The van der Waals surface area contributed by atoms with E-state index in [0.717, 1.165) is 39.8 Å². The maximum atomic E-state index is 12.2. The molecule has 3 nitrogen and oxygen atoms in total. The van der Waals surface area contributed by atoms with E-state index in [-0.39, 0.29) is 11.2 Å². The summed E-state index contributed by atoms with van der Waals surface area (Å²) in [6, 6.07) is 21.6. The summed E-state index contributed by atoms with van der Waals surface area (Å²) in [4.78, 5) is 19.9. The molecule has 0 aromatic heterocycles. The molecule has 3 aromatic rings. The van der Waals surface area contributed by atoms with Gasteiger partial charge in [-0.05, 0) is 45.9 Å². The summed E-state index contributed by atoms with van der Waals surface area (Å²) in [6.45, 7) is 2.02. The van der Waals surface area contributed by atoms with E-state index < -0.39 is 7.60 Å². The van der Waals surface area contributed by atoms with Crippen molar-refractivity contribution in [3.8, 4) is 11.1 Å². The first-order valence-electron chi connectivity index (χ1n) is 8.38. The van der Waals surface area contributed by atoms with Gasteiger partial charge in [0.15, 0.2) is 0 Å². The fourth-order valence-electron chi connectivity index (χ4n) is 3.96. The van der Waals surface area contributed by atoms with Gasteiger partial charge in [0.25, 0.3) is 0 Å². The zero-order valence-corrected chi connectivity index (χ0v) is 14.8. The van der Waals surface area contributed by atoms with E-state index in [2.05, 4.69) is 24.3 Å². The number of hydrogen-bond acceptors (Lipinski definition) is 1. The standard InChI is InChI=1S/C21H19O3P/c1-2-14-8-7-13-19(25(22,23)24)20(14)21-17-11-5-3-9-15(17)16-10-4-6-12-18(16)21/h3-13,21H,2H2,1H3,(H2,22,23,24). The van der Waals surface area contributed by atoms with E-state index in [1.165, 1.54) is 0 Å². The normalized spacial score (nSPS) is 13.6. The van der Waals surface area contributed by atoms with Crippen molar-refractivity contribution in [1.82, 2.24) is 0 Å². The van der Waals surface area contributed by atoms with Crippen LogP contribution in [-0.2, 0) is 11.0 Å². The predicted octanol–water partition coefficient (Wildman–Crippen LogP) is 4.21. The molecule has 0 fully saturated rings. The largest absolute Gasteiger partial charge is 0.356 e. The Hall–Kier alpha value is -2.19. The molecule has 0 atom stereocenters. The van der Waals surface area contributed by atoms with Gasteiger partial charge in [-0.1, -0.05) is 67.6 Å². The van der Waals surface area contributed by atoms with E-state index in [0.29, 0.717) is 0 Å². The van der Waals surface area contributed by atoms with Crippen LogP contribution in [-0.4, -0.2) is 9.79 Å². The third kappa shape index (κ3) is 2.56. The minimum Gasteiger partial charge on any atom is -0.321 e. The zero-order chi connectivity index (χ0) is 17.6. The summed E-state index contributed by atoms with van der Waals surface area (Å²) in [5.74, 6) is -0.147. The lowest BCUT2D eigenvalue weighted by molar-refractivity contribution is 0.387. The lowest BCUT2D eigenvalue weighted by Gasteiger charge is -2.22. The monoisotopic (exact) mass is 350 g/mol. The second-order valence-corrected chi connectivity index (χ2v) is 7.92. The van der Waals surface area contributed by atoms with Gasteiger partial charge in [0.1, 0.15) is 0 Å². The van der Waals surface area contributed by atoms with Gasteiger partial charge in [-0.2, -0.15) is 0 Å². The van der Waals surface area contributed by atoms with E-state index in [4.69, 9.17) is 0 Å². The molecule has 0 saturated carbocycles. The van der Waals surface area contributed by atoms with Crippen molar-refractivity contribution in [2.24, 2.45) is 0 Å². The Morgan fingerprint density at radius 1 is 0.840 bits per heavy atom. The molecule has 25 heavy (non-hydrogen) atoms. The fraction of sp³-hybridized carbons (Fsp3) is 0.143. The van der Waals surface area contributed by atoms with Gasteiger partial charge in [-0.25, -0.2) is 0 Å². The molecule has 0 radical (unpaired) electrons. The van der Waals surface area contributed by atoms with Crippen LogP contribution in [0.2, 0.25) is 0 Å². The SMILES string of the molecule is CCc1cccc(P(=O)(O)O)c1C1c2ccccc2-c2ccccc21. The number of benzene rings is 3. The van der Waals surface area contributed by atoms with E-state index in [1.54, 1.807) is 12.1 Å². The van der Waals surface area contributed by atoms with Crippen LogP contribution < -0.4 is 5.30 Å². The smallest absolute Gasteiger partial charge is 0.321 e. The van der Waals surface area contributed by atoms with Crippen molar-refractivity contribution >= 4 is 12.9 Å². The molecule has 0 heterocycles. The molecule has 1 aliphatic rings. The molecule has 126 valence electrons. The topological polar surface area (TPSA) is 57.5 Å². The molecule has 1 aliphatic carbocycles. The molecule has 0 amide bonds.